The molecule has 0 radical (unpaired) electrons. The molecular weight excluding hydrogens is 488 g/mol. The molecule has 0 saturated carbocycles. The van der Waals surface area contributed by atoms with Crippen molar-refractivity contribution in [3.8, 4) is 0 Å². The molecule has 2 aromatic carbocycles. The average Bonchev–Trinajstić information content (AvgIpc) is 3.42. The molecule has 1 saturated heterocycles. The molecule has 11 heteroatoms. The zero-order chi connectivity index (χ0) is 26.0. The highest BCUT2D eigenvalue weighted by atomic mass is 28.3. The first-order valence-corrected chi connectivity index (χ1v) is 15.1. The lowest BCUT2D eigenvalue weighted by molar-refractivity contribution is -0.0500. The van der Waals surface area contributed by atoms with Crippen molar-refractivity contribution in [2.24, 2.45) is 0 Å². The molecule has 1 aliphatic heterocycles. The highest BCUT2D eigenvalue weighted by molar-refractivity contribution is 7.01. The van der Waals surface area contributed by atoms with Gasteiger partial charge in [-0.05, 0) is 12.5 Å². The second-order valence-corrected chi connectivity index (χ2v) is 13.9. The number of hydrogen-bond donors (Lipinski definition) is 5. The summed E-state index contributed by atoms with van der Waals surface area (Å²) in [5, 5.41) is 36.3. The third-order valence-corrected chi connectivity index (χ3v) is 11.8. The molecule has 4 unspecified atom stereocenters. The number of nitrogens with two attached hydrogens (primary N) is 1. The lowest BCUT2D eigenvalue weighted by Gasteiger charge is -2.29. The maximum Gasteiger partial charge on any atom is 0.204 e. The van der Waals surface area contributed by atoms with E-state index >= 15 is 0 Å². The maximum absolute atomic E-state index is 10.5. The molecule has 6 N–H and O–H groups in total. The molecule has 37 heavy (non-hydrogen) atoms. The first-order chi connectivity index (χ1) is 17.9. The predicted molar refractivity (Wildman–Crippen MR) is 144 cm³/mol. The number of anilines is 2. The Morgan fingerprint density at radius 2 is 1.65 bits per heavy atom. The van der Waals surface area contributed by atoms with Gasteiger partial charge in [0.15, 0.2) is 23.2 Å². The standard InChI is InChI=1S/C26H32N6O4Si/c1-37(17-9-4-2-5-10-17,18-11-6-3-7-12-18)14-8-13-28-23-20-24(30-16-29-23)32(26(27)31-20)25-22(35)21(34)19(15-33)36-25/h2-7,9-12,16,19,21-22,25,33-35H,8,13-15H2,1H3,(H2,27,31)(H,28,29,30). The minimum Gasteiger partial charge on any atom is -0.394 e. The molecule has 0 bridgehead atoms. The van der Waals surface area contributed by atoms with E-state index in [-0.39, 0.29) is 5.95 Å². The first-order valence-electron chi connectivity index (χ1n) is 12.4. The van der Waals surface area contributed by atoms with Crippen LogP contribution in [0.1, 0.15) is 12.6 Å². The summed E-state index contributed by atoms with van der Waals surface area (Å²) in [5.41, 5.74) is 6.98. The molecule has 5 rings (SSSR count). The number of nitrogens with zero attached hydrogens (tertiary/aromatic N) is 4. The molecule has 10 nitrogen and oxygen atoms in total. The van der Waals surface area contributed by atoms with Gasteiger partial charge in [0.1, 0.15) is 32.7 Å². The largest absolute Gasteiger partial charge is 0.394 e. The first kappa shape index (κ1) is 25.3. The fourth-order valence-corrected chi connectivity index (χ4v) is 8.77. The second kappa shape index (κ2) is 10.6. The molecule has 1 fully saturated rings. The summed E-state index contributed by atoms with van der Waals surface area (Å²) in [6.07, 6.45) is -2.17. The van der Waals surface area contributed by atoms with Gasteiger partial charge in [0.05, 0.1) is 6.61 Å². The van der Waals surface area contributed by atoms with E-state index in [0.717, 1.165) is 12.5 Å². The number of nitrogens with one attached hydrogen (secondary N) is 1. The number of nitrogen functional groups attached to an aromatic ring is 1. The summed E-state index contributed by atoms with van der Waals surface area (Å²) in [4.78, 5) is 13.1. The van der Waals surface area contributed by atoms with Crippen LogP contribution >= 0.6 is 0 Å². The molecule has 194 valence electrons. The summed E-state index contributed by atoms with van der Waals surface area (Å²) in [5.74, 6) is 0.603. The maximum atomic E-state index is 10.5. The van der Waals surface area contributed by atoms with Gasteiger partial charge >= 0.3 is 0 Å². The topological polar surface area (TPSA) is 152 Å². The van der Waals surface area contributed by atoms with E-state index < -0.39 is 39.2 Å². The van der Waals surface area contributed by atoms with Crippen LogP contribution < -0.4 is 21.4 Å². The Morgan fingerprint density at radius 3 is 2.24 bits per heavy atom. The SMILES string of the molecule is C[Si](CCCNc1ncnc2c1nc(N)n2C1OC(CO)C(O)C1O)(c1ccccc1)c1ccccc1. The Hall–Kier alpha value is -3.35. The van der Waals surface area contributed by atoms with Gasteiger partial charge in [0.2, 0.25) is 5.95 Å². The van der Waals surface area contributed by atoms with Crippen molar-refractivity contribution in [3.05, 3.63) is 67.0 Å². The summed E-state index contributed by atoms with van der Waals surface area (Å²) in [6, 6.07) is 22.5. The second-order valence-electron chi connectivity index (χ2n) is 9.56. The summed E-state index contributed by atoms with van der Waals surface area (Å²) >= 11 is 0. The van der Waals surface area contributed by atoms with Gasteiger partial charge in [-0.25, -0.2) is 15.0 Å². The quantitative estimate of drug-likeness (QED) is 0.159. The van der Waals surface area contributed by atoms with Crippen LogP contribution in [0.2, 0.25) is 12.6 Å². The number of aromatic nitrogens is 4. The monoisotopic (exact) mass is 520 g/mol. The zero-order valence-corrected chi connectivity index (χ0v) is 21.6. The van der Waals surface area contributed by atoms with E-state index in [0.29, 0.717) is 23.5 Å². The molecule has 1 aliphatic rings. The molecule has 0 amide bonds. The Labute approximate surface area is 215 Å². The van der Waals surface area contributed by atoms with Gasteiger partial charge in [-0.2, -0.15) is 0 Å². The van der Waals surface area contributed by atoms with Crippen LogP contribution in [0, 0.1) is 0 Å². The van der Waals surface area contributed by atoms with E-state index in [1.807, 2.05) is 0 Å². The fraction of sp³-hybridized carbons (Fsp3) is 0.346. The van der Waals surface area contributed by atoms with Crippen molar-refractivity contribution in [2.75, 3.05) is 24.2 Å². The van der Waals surface area contributed by atoms with E-state index in [4.69, 9.17) is 10.5 Å². The molecular formula is C26H32N6O4Si. The van der Waals surface area contributed by atoms with Gasteiger partial charge in [-0.15, -0.1) is 0 Å². The zero-order valence-electron chi connectivity index (χ0n) is 20.6. The Balaban J connectivity index is 1.33. The van der Waals surface area contributed by atoms with Crippen LogP contribution in [0.3, 0.4) is 0 Å². The Bertz CT molecular complexity index is 1300. The molecule has 0 spiro atoms. The number of rotatable bonds is 9. The third kappa shape index (κ3) is 4.71. The van der Waals surface area contributed by atoms with Crippen molar-refractivity contribution in [2.45, 2.75) is 43.6 Å². The highest BCUT2D eigenvalue weighted by Crippen LogP contribution is 2.34. The number of hydrogen-bond acceptors (Lipinski definition) is 9. The van der Waals surface area contributed by atoms with Crippen LogP contribution in [0.25, 0.3) is 11.2 Å². The predicted octanol–water partition coefficient (Wildman–Crippen LogP) is 0.715. The van der Waals surface area contributed by atoms with Crippen molar-refractivity contribution in [3.63, 3.8) is 0 Å². The van der Waals surface area contributed by atoms with Crippen molar-refractivity contribution < 1.29 is 20.1 Å². The van der Waals surface area contributed by atoms with Crippen molar-refractivity contribution in [1.82, 2.24) is 19.5 Å². The van der Waals surface area contributed by atoms with E-state index in [9.17, 15) is 15.3 Å². The van der Waals surface area contributed by atoms with Crippen LogP contribution in [-0.4, -0.2) is 74.4 Å². The van der Waals surface area contributed by atoms with Gasteiger partial charge < -0.3 is 31.1 Å². The molecule has 2 aromatic heterocycles. The summed E-state index contributed by atoms with van der Waals surface area (Å²) in [7, 11) is -1.94. The Kier molecular flexibility index (Phi) is 7.22. The number of aliphatic hydroxyl groups excluding tert-OH is 3. The number of aliphatic hydroxyl groups is 3. The lowest BCUT2D eigenvalue weighted by Crippen LogP contribution is -2.55. The molecule has 4 atom stereocenters. The fourth-order valence-electron chi connectivity index (χ4n) is 5.12. The lowest BCUT2D eigenvalue weighted by atomic mass is 10.1. The van der Waals surface area contributed by atoms with Crippen LogP contribution in [0.15, 0.2) is 67.0 Å². The molecule has 4 aromatic rings. The van der Waals surface area contributed by atoms with Crippen LogP contribution in [-0.2, 0) is 4.74 Å². The normalized spacial score (nSPS) is 21.9. The highest BCUT2D eigenvalue weighted by Gasteiger charge is 2.44. The van der Waals surface area contributed by atoms with Crippen LogP contribution in [0.4, 0.5) is 11.8 Å². The minimum absolute atomic E-state index is 0.0709. The smallest absolute Gasteiger partial charge is 0.204 e. The summed E-state index contributed by atoms with van der Waals surface area (Å²) in [6.45, 7) is 2.65. The minimum atomic E-state index is -1.94. The van der Waals surface area contributed by atoms with Crippen molar-refractivity contribution >= 4 is 41.4 Å². The van der Waals surface area contributed by atoms with E-state index in [1.165, 1.54) is 21.3 Å². The van der Waals surface area contributed by atoms with Gasteiger partial charge in [-0.3, -0.25) is 4.57 Å². The van der Waals surface area contributed by atoms with Gasteiger partial charge in [0.25, 0.3) is 0 Å². The van der Waals surface area contributed by atoms with E-state index in [1.54, 1.807) is 0 Å². The van der Waals surface area contributed by atoms with Crippen LogP contribution in [0.5, 0.6) is 0 Å². The van der Waals surface area contributed by atoms with Gasteiger partial charge in [-0.1, -0.05) is 77.6 Å². The van der Waals surface area contributed by atoms with E-state index in [2.05, 4.69) is 87.5 Å². The average molecular weight is 521 g/mol. The van der Waals surface area contributed by atoms with Gasteiger partial charge in [0, 0.05) is 6.54 Å². The number of ether oxygens (including phenoxy) is 1. The molecule has 0 aliphatic carbocycles. The summed E-state index contributed by atoms with van der Waals surface area (Å²) < 4.78 is 7.08. The third-order valence-electron chi connectivity index (χ3n) is 7.24. The number of benzene rings is 2. The number of fused-ring (bicyclic) bond motifs is 1. The number of imidazole rings is 1. The van der Waals surface area contributed by atoms with Crippen molar-refractivity contribution in [1.29, 1.82) is 0 Å². The Morgan fingerprint density at radius 1 is 1.00 bits per heavy atom. The molecule has 3 heterocycles.